The number of pyridine rings is 1. The van der Waals surface area contributed by atoms with Gasteiger partial charge in [-0.3, -0.25) is 0 Å². The molecule has 0 unspecified atom stereocenters. The highest BCUT2D eigenvalue weighted by Crippen LogP contribution is 2.31. The van der Waals surface area contributed by atoms with Gasteiger partial charge in [-0.25, -0.2) is 13.4 Å². The van der Waals surface area contributed by atoms with Crippen molar-refractivity contribution in [2.75, 3.05) is 18.5 Å². The van der Waals surface area contributed by atoms with Crippen LogP contribution < -0.4 is 10.1 Å². The number of nitrogens with one attached hydrogen (secondary N) is 1. The van der Waals surface area contributed by atoms with Gasteiger partial charge in [-0.2, -0.15) is 4.31 Å². The summed E-state index contributed by atoms with van der Waals surface area (Å²) in [4.78, 5) is 4.78. The summed E-state index contributed by atoms with van der Waals surface area (Å²) in [5.41, 5.74) is 5.48. The number of aryl methyl sites for hydroxylation is 1. The summed E-state index contributed by atoms with van der Waals surface area (Å²) in [6.07, 6.45) is 0.646. The second-order valence-electron chi connectivity index (χ2n) is 8.30. The Hall–Kier alpha value is -3.04. The molecule has 1 aromatic carbocycles. The number of anilines is 2. The summed E-state index contributed by atoms with van der Waals surface area (Å²) in [6.45, 7) is 8.72. The highest BCUT2D eigenvalue weighted by Gasteiger charge is 2.30. The van der Waals surface area contributed by atoms with Crippen LogP contribution in [0.25, 0.3) is 11.4 Å². The number of benzene rings is 1. The fourth-order valence-corrected chi connectivity index (χ4v) is 5.14. The Morgan fingerprint density at radius 3 is 2.64 bits per heavy atom. The molecule has 3 aromatic rings. The number of nitrogens with zero attached hydrogens (tertiary/aromatic N) is 4. The number of hydrogen-bond donors (Lipinski definition) is 1. The van der Waals surface area contributed by atoms with E-state index in [0.29, 0.717) is 43.5 Å². The summed E-state index contributed by atoms with van der Waals surface area (Å²) in [6, 6.07) is 13.5. The van der Waals surface area contributed by atoms with E-state index in [4.69, 9.17) is 9.72 Å². The Kier molecular flexibility index (Phi) is 6.62. The minimum Gasteiger partial charge on any atom is -0.477 e. The summed E-state index contributed by atoms with van der Waals surface area (Å²) in [5, 5.41) is 11.4. The molecule has 9 heteroatoms. The highest BCUT2D eigenvalue weighted by molar-refractivity contribution is 7.89. The van der Waals surface area contributed by atoms with Gasteiger partial charge in [-0.1, -0.05) is 18.2 Å². The van der Waals surface area contributed by atoms with Crippen LogP contribution in [0.5, 0.6) is 5.88 Å². The van der Waals surface area contributed by atoms with Crippen LogP contribution in [0.2, 0.25) is 0 Å². The molecule has 2 aromatic heterocycles. The molecule has 0 bridgehead atoms. The largest absolute Gasteiger partial charge is 0.477 e. The molecule has 0 spiro atoms. The van der Waals surface area contributed by atoms with Crippen molar-refractivity contribution >= 4 is 21.5 Å². The van der Waals surface area contributed by atoms with Gasteiger partial charge < -0.3 is 10.1 Å². The summed E-state index contributed by atoms with van der Waals surface area (Å²) >= 11 is 0. The SMILES string of the molecule is CCOc1ccc(-c2nc(Nc3cccc4c3CCN(S(=O)(=O)C(C)C)C4)ccc2C)nn1. The van der Waals surface area contributed by atoms with E-state index in [0.717, 1.165) is 28.1 Å². The van der Waals surface area contributed by atoms with Gasteiger partial charge in [-0.15, -0.1) is 10.2 Å². The van der Waals surface area contributed by atoms with E-state index in [1.807, 2.05) is 50.2 Å². The Balaban J connectivity index is 1.59. The maximum absolute atomic E-state index is 12.6. The zero-order valence-electron chi connectivity index (χ0n) is 19.4. The highest BCUT2D eigenvalue weighted by atomic mass is 32.2. The van der Waals surface area contributed by atoms with Gasteiger partial charge >= 0.3 is 0 Å². The van der Waals surface area contributed by atoms with E-state index in [2.05, 4.69) is 15.5 Å². The Bertz CT molecular complexity index is 1240. The van der Waals surface area contributed by atoms with E-state index >= 15 is 0 Å². The molecular formula is C24H29N5O3S. The average Bonchev–Trinajstić information content (AvgIpc) is 2.81. The first kappa shape index (κ1) is 23.1. The fraction of sp³-hybridized carbons (Fsp3) is 0.375. The normalized spacial score (nSPS) is 14.2. The van der Waals surface area contributed by atoms with Gasteiger partial charge in [0.25, 0.3) is 0 Å². The number of sulfonamides is 1. The van der Waals surface area contributed by atoms with Crippen LogP contribution in [0.4, 0.5) is 11.5 Å². The lowest BCUT2D eigenvalue weighted by molar-refractivity contribution is 0.323. The number of aromatic nitrogens is 3. The molecule has 0 saturated heterocycles. The molecule has 1 N–H and O–H groups in total. The second-order valence-corrected chi connectivity index (χ2v) is 10.8. The lowest BCUT2D eigenvalue weighted by Crippen LogP contribution is -2.40. The van der Waals surface area contributed by atoms with Gasteiger partial charge in [-0.05, 0) is 69.0 Å². The summed E-state index contributed by atoms with van der Waals surface area (Å²) < 4.78 is 32.2. The van der Waals surface area contributed by atoms with Crippen molar-refractivity contribution in [1.29, 1.82) is 0 Å². The van der Waals surface area contributed by atoms with E-state index in [1.165, 1.54) is 0 Å². The molecule has 0 saturated carbocycles. The molecule has 8 nitrogen and oxygen atoms in total. The number of hydrogen-bond acceptors (Lipinski definition) is 7. The van der Waals surface area contributed by atoms with Crippen LogP contribution in [0, 0.1) is 6.92 Å². The maximum Gasteiger partial charge on any atom is 0.233 e. The molecule has 0 aliphatic carbocycles. The topological polar surface area (TPSA) is 97.3 Å². The molecular weight excluding hydrogens is 438 g/mol. The van der Waals surface area contributed by atoms with Gasteiger partial charge in [0.05, 0.1) is 17.6 Å². The molecule has 4 rings (SSSR count). The van der Waals surface area contributed by atoms with Crippen LogP contribution in [0.1, 0.15) is 37.5 Å². The molecule has 0 fully saturated rings. The van der Waals surface area contributed by atoms with Crippen molar-refractivity contribution in [1.82, 2.24) is 19.5 Å². The Labute approximate surface area is 195 Å². The van der Waals surface area contributed by atoms with E-state index < -0.39 is 15.3 Å². The van der Waals surface area contributed by atoms with Crippen molar-refractivity contribution in [3.8, 4) is 17.3 Å². The minimum absolute atomic E-state index is 0.389. The third kappa shape index (κ3) is 4.84. The van der Waals surface area contributed by atoms with Crippen molar-refractivity contribution in [2.24, 2.45) is 0 Å². The number of fused-ring (bicyclic) bond motifs is 1. The molecule has 1 aliphatic rings. The number of ether oxygens (including phenoxy) is 1. The first-order valence-corrected chi connectivity index (χ1v) is 12.6. The minimum atomic E-state index is -3.28. The van der Waals surface area contributed by atoms with Crippen molar-refractivity contribution in [3.05, 3.63) is 59.2 Å². The predicted molar refractivity (Wildman–Crippen MR) is 129 cm³/mol. The van der Waals surface area contributed by atoms with Gasteiger partial charge in [0.1, 0.15) is 11.5 Å². The fourth-order valence-electron chi connectivity index (χ4n) is 3.88. The summed E-state index contributed by atoms with van der Waals surface area (Å²) in [7, 11) is -3.28. The molecule has 0 radical (unpaired) electrons. The predicted octanol–water partition coefficient (Wildman–Crippen LogP) is 4.09. The van der Waals surface area contributed by atoms with Gasteiger partial charge in [0.2, 0.25) is 15.9 Å². The monoisotopic (exact) mass is 467 g/mol. The average molecular weight is 468 g/mol. The van der Waals surface area contributed by atoms with E-state index in [9.17, 15) is 8.42 Å². The van der Waals surface area contributed by atoms with Crippen LogP contribution in [0.3, 0.4) is 0 Å². The van der Waals surface area contributed by atoms with Crippen molar-refractivity contribution in [3.63, 3.8) is 0 Å². The lowest BCUT2D eigenvalue weighted by Gasteiger charge is -2.30. The maximum atomic E-state index is 12.6. The van der Waals surface area contributed by atoms with Gasteiger partial charge in [0, 0.05) is 24.8 Å². The standard InChI is InChI=1S/C24H29N5O3S/c1-5-32-23-12-10-21(27-28-23)24-17(4)9-11-22(26-24)25-20-8-6-7-18-15-29(14-13-19(18)20)33(30,31)16(2)3/h6-12,16H,5,13-15H2,1-4H3,(H,25,26). The molecule has 33 heavy (non-hydrogen) atoms. The second kappa shape index (κ2) is 9.44. The molecule has 1 aliphatic heterocycles. The van der Waals surface area contributed by atoms with Crippen molar-refractivity contribution < 1.29 is 13.2 Å². The van der Waals surface area contributed by atoms with Crippen LogP contribution >= 0.6 is 0 Å². The molecule has 174 valence electrons. The van der Waals surface area contributed by atoms with Crippen LogP contribution in [0.15, 0.2) is 42.5 Å². The quantitative estimate of drug-likeness (QED) is 0.559. The Morgan fingerprint density at radius 2 is 1.94 bits per heavy atom. The Morgan fingerprint density at radius 1 is 1.12 bits per heavy atom. The number of rotatable bonds is 7. The molecule has 0 atom stereocenters. The van der Waals surface area contributed by atoms with E-state index in [1.54, 1.807) is 24.2 Å². The van der Waals surface area contributed by atoms with E-state index in [-0.39, 0.29) is 0 Å². The smallest absolute Gasteiger partial charge is 0.233 e. The van der Waals surface area contributed by atoms with Gasteiger partial charge in [0.15, 0.2) is 0 Å². The molecule has 3 heterocycles. The molecule has 0 amide bonds. The zero-order chi connectivity index (χ0) is 23.6. The third-order valence-electron chi connectivity index (χ3n) is 5.72. The van der Waals surface area contributed by atoms with Crippen molar-refractivity contribution in [2.45, 2.75) is 45.9 Å². The third-order valence-corrected chi connectivity index (χ3v) is 7.94. The zero-order valence-corrected chi connectivity index (χ0v) is 20.2. The first-order chi connectivity index (χ1) is 15.8. The summed E-state index contributed by atoms with van der Waals surface area (Å²) in [5.74, 6) is 1.18. The van der Waals surface area contributed by atoms with Crippen LogP contribution in [-0.4, -0.2) is 46.3 Å². The lowest BCUT2D eigenvalue weighted by atomic mass is 9.99. The first-order valence-electron chi connectivity index (χ1n) is 11.1. The van der Waals surface area contributed by atoms with Crippen LogP contribution in [-0.2, 0) is 23.0 Å².